The van der Waals surface area contributed by atoms with Crippen molar-refractivity contribution >= 4 is 17.5 Å². The maximum Gasteiger partial charge on any atom is 0.248 e. The molecule has 1 aromatic carbocycles. The lowest BCUT2D eigenvalue weighted by atomic mass is 10.1. The Bertz CT molecular complexity index is 357. The molecule has 0 bridgehead atoms. The molecule has 6 heteroatoms. The van der Waals surface area contributed by atoms with E-state index in [4.69, 9.17) is 17.3 Å². The first-order valence-corrected chi connectivity index (χ1v) is 3.76. The summed E-state index contributed by atoms with van der Waals surface area (Å²) < 4.78 is 0. The van der Waals surface area contributed by atoms with Crippen LogP contribution >= 0.6 is 0 Å². The molecule has 0 spiro atoms. The van der Waals surface area contributed by atoms with Gasteiger partial charge in [-0.3, -0.25) is 15.4 Å². The molecule has 7 N–H and O–H groups in total. The molecule has 0 saturated heterocycles. The Kier molecular flexibility index (Phi) is 2.68. The molecule has 0 aliphatic rings. The Morgan fingerprint density at radius 2 is 1.43 bits per heavy atom. The smallest absolute Gasteiger partial charge is 0.248 e. The average molecular weight is 194 g/mol. The molecule has 74 valence electrons. The molecule has 2 amide bonds. The first-order valence-electron chi connectivity index (χ1n) is 3.76. The first-order chi connectivity index (χ1) is 6.54. The highest BCUT2D eigenvalue weighted by atomic mass is 16.1. The highest BCUT2D eigenvalue weighted by Gasteiger charge is 2.07. The number of carbonyl (C=O) groups excluding carboxylic acids is 2. The second-order valence-electron chi connectivity index (χ2n) is 2.67. The van der Waals surface area contributed by atoms with Gasteiger partial charge in [-0.15, -0.1) is 0 Å². The van der Waals surface area contributed by atoms with E-state index < -0.39 is 11.8 Å². The number of nitrogens with two attached hydrogens (primary N) is 3. The van der Waals surface area contributed by atoms with E-state index in [0.29, 0.717) is 5.69 Å². The second kappa shape index (κ2) is 3.75. The molecule has 0 radical (unpaired) electrons. The van der Waals surface area contributed by atoms with Crippen molar-refractivity contribution in [2.24, 2.45) is 17.3 Å². The number of nitrogens with one attached hydrogen (secondary N) is 1. The molecular weight excluding hydrogens is 184 g/mol. The molecule has 14 heavy (non-hydrogen) atoms. The normalized spacial score (nSPS) is 9.50. The maximum absolute atomic E-state index is 10.8. The summed E-state index contributed by atoms with van der Waals surface area (Å²) in [6, 6.07) is 4.16. The lowest BCUT2D eigenvalue weighted by Crippen LogP contribution is -2.17. The summed E-state index contributed by atoms with van der Waals surface area (Å²) in [6.07, 6.45) is 0. The molecule has 0 unspecified atom stereocenters. The van der Waals surface area contributed by atoms with Crippen LogP contribution in [0.5, 0.6) is 0 Å². The third kappa shape index (κ3) is 1.99. The van der Waals surface area contributed by atoms with E-state index in [1.54, 1.807) is 0 Å². The quantitative estimate of drug-likeness (QED) is 0.370. The van der Waals surface area contributed by atoms with Gasteiger partial charge >= 0.3 is 0 Å². The van der Waals surface area contributed by atoms with Gasteiger partial charge in [-0.25, -0.2) is 0 Å². The van der Waals surface area contributed by atoms with Crippen molar-refractivity contribution < 1.29 is 9.59 Å². The van der Waals surface area contributed by atoms with E-state index in [1.807, 2.05) is 0 Å². The number of rotatable bonds is 3. The van der Waals surface area contributed by atoms with Gasteiger partial charge in [0.25, 0.3) is 0 Å². The van der Waals surface area contributed by atoms with Crippen molar-refractivity contribution in [2.75, 3.05) is 5.43 Å². The maximum atomic E-state index is 10.8. The third-order valence-corrected chi connectivity index (χ3v) is 1.67. The number of benzene rings is 1. The highest BCUT2D eigenvalue weighted by Crippen LogP contribution is 2.13. The standard InChI is InChI=1S/C8H10N4O2/c9-7(13)4-1-5(8(10)14)3-6(2-4)12-11/h1-3,12H,11H2,(H2,9,13)(H2,10,14). The van der Waals surface area contributed by atoms with Gasteiger partial charge in [0, 0.05) is 11.1 Å². The van der Waals surface area contributed by atoms with E-state index in [0.717, 1.165) is 0 Å². The van der Waals surface area contributed by atoms with Gasteiger partial charge in [0.1, 0.15) is 0 Å². The summed E-state index contributed by atoms with van der Waals surface area (Å²) in [5.74, 6) is 3.84. The zero-order chi connectivity index (χ0) is 10.7. The molecule has 0 aromatic heterocycles. The monoisotopic (exact) mass is 194 g/mol. The van der Waals surface area contributed by atoms with Crippen LogP contribution in [0.2, 0.25) is 0 Å². The predicted molar refractivity (Wildman–Crippen MR) is 51.3 cm³/mol. The van der Waals surface area contributed by atoms with Crippen molar-refractivity contribution in [3.8, 4) is 0 Å². The minimum atomic E-state index is -0.649. The fraction of sp³-hybridized carbons (Fsp3) is 0. The van der Waals surface area contributed by atoms with Gasteiger partial charge in [0.05, 0.1) is 5.69 Å². The molecule has 0 aliphatic carbocycles. The number of nitrogen functional groups attached to an aromatic ring is 1. The Morgan fingerprint density at radius 1 is 1.00 bits per heavy atom. The predicted octanol–water partition coefficient (Wildman–Crippen LogP) is -0.830. The van der Waals surface area contributed by atoms with Crippen LogP contribution < -0.4 is 22.7 Å². The van der Waals surface area contributed by atoms with Crippen LogP contribution in [0.15, 0.2) is 18.2 Å². The van der Waals surface area contributed by atoms with E-state index in [-0.39, 0.29) is 11.1 Å². The Balaban J connectivity index is 3.27. The summed E-state index contributed by atoms with van der Waals surface area (Å²) in [7, 11) is 0. The van der Waals surface area contributed by atoms with Gasteiger partial charge in [-0.1, -0.05) is 0 Å². The van der Waals surface area contributed by atoms with Crippen LogP contribution in [0.4, 0.5) is 5.69 Å². The molecule has 0 aliphatic heterocycles. The van der Waals surface area contributed by atoms with Crippen molar-refractivity contribution in [1.29, 1.82) is 0 Å². The van der Waals surface area contributed by atoms with Crippen LogP contribution in [-0.4, -0.2) is 11.8 Å². The summed E-state index contributed by atoms with van der Waals surface area (Å²) in [5, 5.41) is 0. The zero-order valence-corrected chi connectivity index (χ0v) is 7.28. The first kappa shape index (κ1) is 10.0. The molecule has 0 saturated carbocycles. The fourth-order valence-corrected chi connectivity index (χ4v) is 0.995. The fourth-order valence-electron chi connectivity index (χ4n) is 0.995. The lowest BCUT2D eigenvalue weighted by molar-refractivity contribution is 0.0999. The molecule has 1 rings (SSSR count). The van der Waals surface area contributed by atoms with Crippen molar-refractivity contribution in [3.63, 3.8) is 0 Å². The third-order valence-electron chi connectivity index (χ3n) is 1.67. The van der Waals surface area contributed by atoms with Crippen LogP contribution in [0.1, 0.15) is 20.7 Å². The lowest BCUT2D eigenvalue weighted by Gasteiger charge is -2.04. The highest BCUT2D eigenvalue weighted by molar-refractivity contribution is 5.99. The second-order valence-corrected chi connectivity index (χ2v) is 2.67. The molecule has 0 fully saturated rings. The number of amides is 2. The molecular formula is C8H10N4O2. The summed E-state index contributed by atoms with van der Waals surface area (Å²) in [4.78, 5) is 21.7. The van der Waals surface area contributed by atoms with E-state index >= 15 is 0 Å². The van der Waals surface area contributed by atoms with Gasteiger partial charge in [0.15, 0.2) is 0 Å². The molecule has 1 aromatic rings. The van der Waals surface area contributed by atoms with Crippen LogP contribution in [-0.2, 0) is 0 Å². The van der Waals surface area contributed by atoms with Gasteiger partial charge < -0.3 is 16.9 Å². The van der Waals surface area contributed by atoms with E-state index in [9.17, 15) is 9.59 Å². The largest absolute Gasteiger partial charge is 0.366 e. The minimum Gasteiger partial charge on any atom is -0.366 e. The Labute approximate surface area is 80.0 Å². The van der Waals surface area contributed by atoms with E-state index in [2.05, 4.69) is 5.43 Å². The summed E-state index contributed by atoms with van der Waals surface area (Å²) in [6.45, 7) is 0. The minimum absolute atomic E-state index is 0.175. The van der Waals surface area contributed by atoms with Gasteiger partial charge in [0.2, 0.25) is 11.8 Å². The summed E-state index contributed by atoms with van der Waals surface area (Å²) in [5.41, 5.74) is 13.1. The van der Waals surface area contributed by atoms with Crippen molar-refractivity contribution in [2.45, 2.75) is 0 Å². The zero-order valence-electron chi connectivity index (χ0n) is 7.28. The van der Waals surface area contributed by atoms with Crippen LogP contribution in [0.3, 0.4) is 0 Å². The number of primary amides is 2. The Hall–Kier alpha value is -2.08. The summed E-state index contributed by atoms with van der Waals surface area (Å²) >= 11 is 0. The molecule has 6 nitrogen and oxygen atoms in total. The SMILES string of the molecule is NNc1cc(C(N)=O)cc(C(N)=O)c1. The number of hydrazine groups is 1. The van der Waals surface area contributed by atoms with Crippen LogP contribution in [0.25, 0.3) is 0 Å². The topological polar surface area (TPSA) is 124 Å². The number of hydrogen-bond acceptors (Lipinski definition) is 4. The van der Waals surface area contributed by atoms with Crippen molar-refractivity contribution in [1.82, 2.24) is 0 Å². The number of carbonyl (C=O) groups is 2. The number of hydrogen-bond donors (Lipinski definition) is 4. The number of anilines is 1. The van der Waals surface area contributed by atoms with Crippen LogP contribution in [0, 0.1) is 0 Å². The average Bonchev–Trinajstić information content (AvgIpc) is 2.16. The van der Waals surface area contributed by atoms with E-state index in [1.165, 1.54) is 18.2 Å². The van der Waals surface area contributed by atoms with Gasteiger partial charge in [-0.2, -0.15) is 0 Å². The van der Waals surface area contributed by atoms with Gasteiger partial charge in [-0.05, 0) is 18.2 Å². The molecule has 0 atom stereocenters. The Morgan fingerprint density at radius 3 is 1.71 bits per heavy atom. The van der Waals surface area contributed by atoms with Crippen molar-refractivity contribution in [3.05, 3.63) is 29.3 Å². The molecule has 0 heterocycles.